The summed E-state index contributed by atoms with van der Waals surface area (Å²) < 4.78 is 25.9. The lowest BCUT2D eigenvalue weighted by atomic mass is 9.83. The smallest absolute Gasteiger partial charge is 0.128 e. The molecule has 4 heteroatoms. The number of benzene rings is 1. The standard InChI is InChI=1S/C16H20BrFO2/c17-12-8-13(18)10-15(9-12)19-11-14-4-7-16(20-14)5-2-1-3-6-16/h8-10,14H,1-7,11H2. The predicted octanol–water partition coefficient (Wildman–Crippen LogP) is 4.85. The van der Waals surface area contributed by atoms with Gasteiger partial charge in [-0.2, -0.15) is 0 Å². The summed E-state index contributed by atoms with van der Waals surface area (Å²) in [6, 6.07) is 4.63. The van der Waals surface area contributed by atoms with Crippen molar-refractivity contribution in [1.29, 1.82) is 0 Å². The van der Waals surface area contributed by atoms with Crippen molar-refractivity contribution in [3.63, 3.8) is 0 Å². The molecular weight excluding hydrogens is 323 g/mol. The maximum atomic E-state index is 13.3. The van der Waals surface area contributed by atoms with Gasteiger partial charge in [-0.15, -0.1) is 0 Å². The van der Waals surface area contributed by atoms with E-state index in [0.717, 1.165) is 12.8 Å². The summed E-state index contributed by atoms with van der Waals surface area (Å²) in [6.45, 7) is 0.512. The molecular formula is C16H20BrFO2. The lowest BCUT2D eigenvalue weighted by molar-refractivity contribution is -0.0748. The molecule has 110 valence electrons. The van der Waals surface area contributed by atoms with Gasteiger partial charge in [0.15, 0.2) is 0 Å². The van der Waals surface area contributed by atoms with Crippen molar-refractivity contribution in [1.82, 2.24) is 0 Å². The highest BCUT2D eigenvalue weighted by molar-refractivity contribution is 9.10. The quantitative estimate of drug-likeness (QED) is 0.781. The second-order valence-corrected chi connectivity index (χ2v) is 6.85. The highest BCUT2D eigenvalue weighted by Gasteiger charge is 2.40. The molecule has 2 aliphatic rings. The Labute approximate surface area is 127 Å². The van der Waals surface area contributed by atoms with E-state index in [1.54, 1.807) is 6.07 Å². The van der Waals surface area contributed by atoms with E-state index >= 15 is 0 Å². The van der Waals surface area contributed by atoms with Crippen LogP contribution in [0.5, 0.6) is 5.75 Å². The average Bonchev–Trinajstić information content (AvgIpc) is 2.79. The average molecular weight is 343 g/mol. The topological polar surface area (TPSA) is 18.5 Å². The fourth-order valence-corrected chi connectivity index (χ4v) is 3.82. The van der Waals surface area contributed by atoms with Gasteiger partial charge in [-0.05, 0) is 37.8 Å². The largest absolute Gasteiger partial charge is 0.491 e. The van der Waals surface area contributed by atoms with Crippen LogP contribution in [0.2, 0.25) is 0 Å². The molecule has 1 spiro atoms. The highest BCUT2D eigenvalue weighted by Crippen LogP contribution is 2.41. The Morgan fingerprint density at radius 2 is 2.00 bits per heavy atom. The van der Waals surface area contributed by atoms with Crippen molar-refractivity contribution in [3.8, 4) is 5.75 Å². The lowest BCUT2D eigenvalue weighted by Crippen LogP contribution is -2.32. The molecule has 1 saturated heterocycles. The van der Waals surface area contributed by atoms with Crippen LogP contribution >= 0.6 is 15.9 Å². The summed E-state index contributed by atoms with van der Waals surface area (Å²) in [5.41, 5.74) is 0.120. The van der Waals surface area contributed by atoms with Gasteiger partial charge in [0.05, 0.1) is 11.7 Å². The molecule has 2 fully saturated rings. The Kier molecular flexibility index (Phi) is 4.32. The molecule has 0 aromatic heterocycles. The van der Waals surface area contributed by atoms with Crippen LogP contribution in [-0.4, -0.2) is 18.3 Å². The molecule has 1 aliphatic heterocycles. The van der Waals surface area contributed by atoms with E-state index in [0.29, 0.717) is 16.8 Å². The number of hydrogen-bond donors (Lipinski definition) is 0. The number of ether oxygens (including phenoxy) is 2. The van der Waals surface area contributed by atoms with E-state index in [4.69, 9.17) is 9.47 Å². The summed E-state index contributed by atoms with van der Waals surface area (Å²) in [7, 11) is 0. The van der Waals surface area contributed by atoms with E-state index in [1.807, 2.05) is 0 Å². The molecule has 3 rings (SSSR count). The van der Waals surface area contributed by atoms with Crippen LogP contribution in [0.1, 0.15) is 44.9 Å². The number of rotatable bonds is 3. The highest BCUT2D eigenvalue weighted by atomic mass is 79.9. The Morgan fingerprint density at radius 1 is 1.20 bits per heavy atom. The molecule has 0 bridgehead atoms. The minimum atomic E-state index is -0.287. The maximum Gasteiger partial charge on any atom is 0.128 e. The molecule has 0 N–H and O–H groups in total. The Bertz CT molecular complexity index is 451. The van der Waals surface area contributed by atoms with Crippen LogP contribution in [-0.2, 0) is 4.74 Å². The van der Waals surface area contributed by atoms with E-state index in [-0.39, 0.29) is 17.5 Å². The zero-order chi connectivity index (χ0) is 14.0. The molecule has 0 amide bonds. The SMILES string of the molecule is Fc1cc(Br)cc(OCC2CCC3(CCCCC3)O2)c1. The third-order valence-electron chi connectivity index (χ3n) is 4.38. The molecule has 1 aromatic carbocycles. The lowest BCUT2D eigenvalue weighted by Gasteiger charge is -2.33. The fraction of sp³-hybridized carbons (Fsp3) is 0.625. The summed E-state index contributed by atoms with van der Waals surface area (Å²) >= 11 is 3.27. The minimum absolute atomic E-state index is 0.120. The summed E-state index contributed by atoms with van der Waals surface area (Å²) in [6.07, 6.45) is 8.63. The fourth-order valence-electron chi connectivity index (χ4n) is 3.38. The first-order chi connectivity index (χ1) is 9.65. The Balaban J connectivity index is 1.54. The van der Waals surface area contributed by atoms with Gasteiger partial charge < -0.3 is 9.47 Å². The molecule has 2 nitrogen and oxygen atoms in total. The normalized spacial score (nSPS) is 25.0. The van der Waals surface area contributed by atoms with Crippen LogP contribution in [0, 0.1) is 5.82 Å². The number of halogens is 2. The third kappa shape index (κ3) is 3.34. The first kappa shape index (κ1) is 14.3. The van der Waals surface area contributed by atoms with E-state index in [1.165, 1.54) is 44.2 Å². The zero-order valence-corrected chi connectivity index (χ0v) is 13.1. The first-order valence-electron chi connectivity index (χ1n) is 7.42. The van der Waals surface area contributed by atoms with E-state index in [9.17, 15) is 4.39 Å². The molecule has 1 unspecified atom stereocenters. The van der Waals surface area contributed by atoms with Crippen molar-refractivity contribution < 1.29 is 13.9 Å². The van der Waals surface area contributed by atoms with Gasteiger partial charge in [-0.25, -0.2) is 4.39 Å². The predicted molar refractivity (Wildman–Crippen MR) is 79.5 cm³/mol. The van der Waals surface area contributed by atoms with Gasteiger partial charge in [-0.3, -0.25) is 0 Å². The third-order valence-corrected chi connectivity index (χ3v) is 4.83. The van der Waals surface area contributed by atoms with Crippen molar-refractivity contribution in [2.75, 3.05) is 6.61 Å². The molecule has 1 heterocycles. The van der Waals surface area contributed by atoms with Crippen LogP contribution in [0.15, 0.2) is 22.7 Å². The van der Waals surface area contributed by atoms with Crippen LogP contribution < -0.4 is 4.74 Å². The van der Waals surface area contributed by atoms with Gasteiger partial charge in [0, 0.05) is 10.5 Å². The van der Waals surface area contributed by atoms with Gasteiger partial charge in [0.25, 0.3) is 0 Å². The first-order valence-corrected chi connectivity index (χ1v) is 8.21. The van der Waals surface area contributed by atoms with Crippen molar-refractivity contribution >= 4 is 15.9 Å². The van der Waals surface area contributed by atoms with E-state index < -0.39 is 0 Å². The van der Waals surface area contributed by atoms with E-state index in [2.05, 4.69) is 15.9 Å². The minimum Gasteiger partial charge on any atom is -0.491 e. The van der Waals surface area contributed by atoms with Crippen LogP contribution in [0.3, 0.4) is 0 Å². The second-order valence-electron chi connectivity index (χ2n) is 5.94. The summed E-state index contributed by atoms with van der Waals surface area (Å²) in [5, 5.41) is 0. The van der Waals surface area contributed by atoms with Gasteiger partial charge in [0.2, 0.25) is 0 Å². The van der Waals surface area contributed by atoms with Crippen LogP contribution in [0.25, 0.3) is 0 Å². The second kappa shape index (κ2) is 6.02. The Hall–Kier alpha value is -0.610. The van der Waals surface area contributed by atoms with Crippen LogP contribution in [0.4, 0.5) is 4.39 Å². The molecule has 20 heavy (non-hydrogen) atoms. The molecule has 1 aliphatic carbocycles. The Morgan fingerprint density at radius 3 is 2.75 bits per heavy atom. The van der Waals surface area contributed by atoms with Gasteiger partial charge >= 0.3 is 0 Å². The zero-order valence-electron chi connectivity index (χ0n) is 11.5. The summed E-state index contributed by atoms with van der Waals surface area (Å²) in [4.78, 5) is 0. The molecule has 1 aromatic rings. The van der Waals surface area contributed by atoms with Gasteiger partial charge in [0.1, 0.15) is 18.2 Å². The van der Waals surface area contributed by atoms with Crippen molar-refractivity contribution in [3.05, 3.63) is 28.5 Å². The van der Waals surface area contributed by atoms with Gasteiger partial charge in [-0.1, -0.05) is 35.2 Å². The molecule has 1 saturated carbocycles. The monoisotopic (exact) mass is 342 g/mol. The molecule has 0 radical (unpaired) electrons. The maximum absolute atomic E-state index is 13.3. The van der Waals surface area contributed by atoms with Crippen molar-refractivity contribution in [2.45, 2.75) is 56.7 Å². The number of hydrogen-bond acceptors (Lipinski definition) is 2. The molecule has 1 atom stereocenters. The van der Waals surface area contributed by atoms with Crippen molar-refractivity contribution in [2.24, 2.45) is 0 Å². The summed E-state index contributed by atoms with van der Waals surface area (Å²) in [5.74, 6) is 0.274.